The van der Waals surface area contributed by atoms with Gasteiger partial charge < -0.3 is 11.1 Å². The van der Waals surface area contributed by atoms with Crippen molar-refractivity contribution < 1.29 is 9.18 Å². The van der Waals surface area contributed by atoms with Crippen molar-refractivity contribution in [1.82, 2.24) is 0 Å². The molecule has 110 valence electrons. The molecular formula is C15H13BrClFN2O. The van der Waals surface area contributed by atoms with Crippen LogP contribution < -0.4 is 11.1 Å². The highest BCUT2D eigenvalue weighted by Crippen LogP contribution is 2.28. The highest BCUT2D eigenvalue weighted by molar-refractivity contribution is 9.10. The number of primary amides is 1. The fraction of sp³-hybridized carbons (Fsp3) is 0.133. The monoisotopic (exact) mass is 370 g/mol. The molecule has 0 saturated heterocycles. The van der Waals surface area contributed by atoms with Gasteiger partial charge in [-0.25, -0.2) is 4.39 Å². The van der Waals surface area contributed by atoms with Crippen LogP contribution in [-0.4, -0.2) is 5.91 Å². The number of benzene rings is 2. The molecule has 0 radical (unpaired) electrons. The van der Waals surface area contributed by atoms with Gasteiger partial charge in [-0.05, 0) is 36.8 Å². The fourth-order valence-electron chi connectivity index (χ4n) is 2.03. The summed E-state index contributed by atoms with van der Waals surface area (Å²) in [4.78, 5) is 11.4. The number of halogens is 3. The van der Waals surface area contributed by atoms with Crippen molar-refractivity contribution in [2.24, 2.45) is 5.73 Å². The molecule has 1 unspecified atom stereocenters. The third-order valence-electron chi connectivity index (χ3n) is 3.02. The molecule has 1 atom stereocenters. The lowest BCUT2D eigenvalue weighted by molar-refractivity contribution is 0.0997. The summed E-state index contributed by atoms with van der Waals surface area (Å²) < 4.78 is 14.4. The number of amides is 1. The number of carbonyl (C=O) groups excluding carboxylic acids is 1. The van der Waals surface area contributed by atoms with Gasteiger partial charge in [0, 0.05) is 15.5 Å². The molecular weight excluding hydrogens is 359 g/mol. The highest BCUT2D eigenvalue weighted by atomic mass is 79.9. The van der Waals surface area contributed by atoms with E-state index in [1.54, 1.807) is 18.2 Å². The van der Waals surface area contributed by atoms with E-state index in [9.17, 15) is 9.18 Å². The molecule has 3 N–H and O–H groups in total. The topological polar surface area (TPSA) is 55.1 Å². The Labute approximate surface area is 135 Å². The lowest BCUT2D eigenvalue weighted by atomic mass is 10.1. The maximum atomic E-state index is 13.9. The first kappa shape index (κ1) is 15.8. The maximum Gasteiger partial charge on any atom is 0.253 e. The van der Waals surface area contributed by atoms with Crippen molar-refractivity contribution >= 4 is 39.1 Å². The van der Waals surface area contributed by atoms with Crippen molar-refractivity contribution in [1.29, 1.82) is 0 Å². The average molecular weight is 372 g/mol. The molecule has 6 heteroatoms. The van der Waals surface area contributed by atoms with Gasteiger partial charge >= 0.3 is 0 Å². The zero-order valence-electron chi connectivity index (χ0n) is 11.2. The van der Waals surface area contributed by atoms with Crippen molar-refractivity contribution in [3.63, 3.8) is 0 Å². The van der Waals surface area contributed by atoms with Gasteiger partial charge in [-0.3, -0.25) is 4.79 Å². The van der Waals surface area contributed by atoms with E-state index in [0.717, 1.165) is 5.56 Å². The number of nitrogens with one attached hydrogen (secondary N) is 1. The summed E-state index contributed by atoms with van der Waals surface area (Å²) in [7, 11) is 0. The summed E-state index contributed by atoms with van der Waals surface area (Å²) in [6, 6.07) is 9.94. The average Bonchev–Trinajstić information content (AvgIpc) is 2.37. The largest absolute Gasteiger partial charge is 0.378 e. The van der Waals surface area contributed by atoms with Crippen LogP contribution in [0.2, 0.25) is 5.02 Å². The molecule has 0 aliphatic rings. The molecule has 0 aromatic heterocycles. The fourth-order valence-corrected chi connectivity index (χ4v) is 2.66. The molecule has 2 aromatic carbocycles. The molecule has 2 aromatic rings. The molecule has 21 heavy (non-hydrogen) atoms. The van der Waals surface area contributed by atoms with E-state index in [1.165, 1.54) is 6.07 Å². The Morgan fingerprint density at radius 1 is 1.38 bits per heavy atom. The van der Waals surface area contributed by atoms with E-state index in [1.807, 2.05) is 19.1 Å². The molecule has 0 saturated carbocycles. The first-order valence-electron chi connectivity index (χ1n) is 6.19. The van der Waals surface area contributed by atoms with Crippen LogP contribution in [0.25, 0.3) is 0 Å². The third kappa shape index (κ3) is 3.74. The Kier molecular flexibility index (Phi) is 4.85. The Balaban J connectivity index is 2.37. The molecule has 0 heterocycles. The van der Waals surface area contributed by atoms with Gasteiger partial charge in [-0.15, -0.1) is 0 Å². The van der Waals surface area contributed by atoms with E-state index in [4.69, 9.17) is 17.3 Å². The Bertz CT molecular complexity index is 693. The second kappa shape index (κ2) is 6.45. The van der Waals surface area contributed by atoms with Gasteiger partial charge in [-0.2, -0.15) is 0 Å². The smallest absolute Gasteiger partial charge is 0.253 e. The van der Waals surface area contributed by atoms with Crippen molar-refractivity contribution in [3.05, 3.63) is 62.8 Å². The molecule has 1 amide bonds. The number of hydrogen-bond donors (Lipinski definition) is 2. The predicted molar refractivity (Wildman–Crippen MR) is 86.1 cm³/mol. The second-order valence-corrected chi connectivity index (χ2v) is 5.95. The van der Waals surface area contributed by atoms with Crippen LogP contribution in [0.3, 0.4) is 0 Å². The van der Waals surface area contributed by atoms with Crippen LogP contribution in [0.4, 0.5) is 10.1 Å². The summed E-state index contributed by atoms with van der Waals surface area (Å²) >= 11 is 9.16. The van der Waals surface area contributed by atoms with E-state index in [-0.39, 0.29) is 11.6 Å². The van der Waals surface area contributed by atoms with Crippen LogP contribution in [0, 0.1) is 5.82 Å². The SMILES string of the molecule is CC(Nc1cc(Br)cc(F)c1C(N)=O)c1cccc(Cl)c1. The van der Waals surface area contributed by atoms with Gasteiger partial charge in [0.15, 0.2) is 0 Å². The number of rotatable bonds is 4. The number of anilines is 1. The first-order chi connectivity index (χ1) is 9.88. The van der Waals surface area contributed by atoms with Gasteiger partial charge in [-0.1, -0.05) is 39.7 Å². The molecule has 0 fully saturated rings. The minimum absolute atomic E-state index is 0.160. The van der Waals surface area contributed by atoms with Crippen molar-refractivity contribution in [2.45, 2.75) is 13.0 Å². The van der Waals surface area contributed by atoms with Gasteiger partial charge in [0.1, 0.15) is 5.82 Å². The third-order valence-corrected chi connectivity index (χ3v) is 3.72. The van der Waals surface area contributed by atoms with E-state index >= 15 is 0 Å². The summed E-state index contributed by atoms with van der Waals surface area (Å²) in [5, 5.41) is 3.70. The Morgan fingerprint density at radius 3 is 2.71 bits per heavy atom. The summed E-state index contributed by atoms with van der Waals surface area (Å²) in [5.74, 6) is -1.49. The number of carbonyl (C=O) groups is 1. The zero-order chi connectivity index (χ0) is 15.6. The Hall–Kier alpha value is -1.59. The lowest BCUT2D eigenvalue weighted by Gasteiger charge is -2.18. The molecule has 0 aliphatic carbocycles. The van der Waals surface area contributed by atoms with Crippen LogP contribution in [0.15, 0.2) is 40.9 Å². The minimum atomic E-state index is -0.819. The number of hydrogen-bond acceptors (Lipinski definition) is 2. The molecule has 0 aliphatic heterocycles. The van der Waals surface area contributed by atoms with Crippen molar-refractivity contribution in [2.75, 3.05) is 5.32 Å². The van der Waals surface area contributed by atoms with Gasteiger partial charge in [0.05, 0.1) is 11.3 Å². The molecule has 2 rings (SSSR count). The molecule has 0 spiro atoms. The van der Waals surface area contributed by atoms with Crippen LogP contribution in [0.1, 0.15) is 28.9 Å². The second-order valence-electron chi connectivity index (χ2n) is 4.60. The molecule has 3 nitrogen and oxygen atoms in total. The van der Waals surface area contributed by atoms with E-state index in [0.29, 0.717) is 15.2 Å². The standard InChI is InChI=1S/C15H13BrClFN2O/c1-8(9-3-2-4-11(17)5-9)20-13-7-10(16)6-12(18)14(13)15(19)21/h2-8,20H,1H3,(H2,19,21). The van der Waals surface area contributed by atoms with E-state index < -0.39 is 11.7 Å². The molecule has 0 bridgehead atoms. The van der Waals surface area contributed by atoms with Gasteiger partial charge in [0.25, 0.3) is 5.91 Å². The summed E-state index contributed by atoms with van der Waals surface area (Å²) in [5.41, 5.74) is 6.34. The van der Waals surface area contributed by atoms with E-state index in [2.05, 4.69) is 21.2 Å². The van der Waals surface area contributed by atoms with Crippen LogP contribution >= 0.6 is 27.5 Å². The normalized spacial score (nSPS) is 12.0. The van der Waals surface area contributed by atoms with Crippen molar-refractivity contribution in [3.8, 4) is 0 Å². The summed E-state index contributed by atoms with van der Waals surface area (Å²) in [6.07, 6.45) is 0. The van der Waals surface area contributed by atoms with Gasteiger partial charge in [0.2, 0.25) is 0 Å². The maximum absolute atomic E-state index is 13.9. The minimum Gasteiger partial charge on any atom is -0.378 e. The highest BCUT2D eigenvalue weighted by Gasteiger charge is 2.17. The number of nitrogens with two attached hydrogens (primary N) is 1. The first-order valence-corrected chi connectivity index (χ1v) is 7.36. The van der Waals surface area contributed by atoms with Crippen LogP contribution in [0.5, 0.6) is 0 Å². The lowest BCUT2D eigenvalue weighted by Crippen LogP contribution is -2.18. The summed E-state index contributed by atoms with van der Waals surface area (Å²) in [6.45, 7) is 1.88. The van der Waals surface area contributed by atoms with Crippen LogP contribution in [-0.2, 0) is 0 Å². The predicted octanol–water partition coefficient (Wildman–Crippen LogP) is 4.51. The quantitative estimate of drug-likeness (QED) is 0.830. The zero-order valence-corrected chi connectivity index (χ0v) is 13.5. The Morgan fingerprint density at radius 2 is 2.10 bits per heavy atom.